The van der Waals surface area contributed by atoms with Crippen LogP contribution >= 0.6 is 15.9 Å². The fourth-order valence-electron chi connectivity index (χ4n) is 1.62. The predicted octanol–water partition coefficient (Wildman–Crippen LogP) is 2.49. The zero-order valence-electron chi connectivity index (χ0n) is 8.33. The largest absolute Gasteiger partial charge is 0.492 e. The maximum atomic E-state index is 11.6. The zero-order valence-corrected chi connectivity index (χ0v) is 9.91. The van der Waals surface area contributed by atoms with Crippen LogP contribution in [0, 0.1) is 0 Å². The van der Waals surface area contributed by atoms with E-state index >= 15 is 0 Å². The molecule has 0 fully saturated rings. The second-order valence-electron chi connectivity index (χ2n) is 3.30. The van der Waals surface area contributed by atoms with Gasteiger partial charge in [-0.25, -0.2) is 0 Å². The number of fused-ring (bicyclic) bond motifs is 1. The molecule has 0 spiro atoms. The van der Waals surface area contributed by atoms with E-state index in [-0.39, 0.29) is 11.9 Å². The molecular formula is C11H11BrO3. The van der Waals surface area contributed by atoms with Crippen molar-refractivity contribution in [3.63, 3.8) is 0 Å². The van der Waals surface area contributed by atoms with E-state index in [1.54, 1.807) is 6.92 Å². The maximum absolute atomic E-state index is 11.6. The first-order valence-electron chi connectivity index (χ1n) is 4.81. The average Bonchev–Trinajstić information content (AvgIpc) is 2.60. The fourth-order valence-corrected chi connectivity index (χ4v) is 2.00. The molecule has 1 heterocycles. The lowest BCUT2D eigenvalue weighted by Crippen LogP contribution is -2.17. The van der Waals surface area contributed by atoms with Crippen LogP contribution in [0.25, 0.3) is 0 Å². The Morgan fingerprint density at radius 2 is 2.47 bits per heavy atom. The van der Waals surface area contributed by atoms with Crippen molar-refractivity contribution in [1.29, 1.82) is 0 Å². The number of carbonyl (C=O) groups is 1. The molecule has 1 atom stereocenters. The molecule has 4 heteroatoms. The highest BCUT2D eigenvalue weighted by Gasteiger charge is 2.31. The molecule has 0 saturated carbocycles. The zero-order chi connectivity index (χ0) is 10.8. The molecule has 0 N–H and O–H groups in total. The van der Waals surface area contributed by atoms with E-state index < -0.39 is 0 Å². The van der Waals surface area contributed by atoms with Gasteiger partial charge in [-0.05, 0) is 25.1 Å². The standard InChI is InChI=1S/C11H11BrO3/c1-2-14-11(13)9-6-15-10-4-3-7(12)5-8(9)10/h3-5,9H,2,6H2,1H3. The Morgan fingerprint density at radius 1 is 1.67 bits per heavy atom. The van der Waals surface area contributed by atoms with E-state index in [1.807, 2.05) is 18.2 Å². The molecule has 80 valence electrons. The normalized spacial score (nSPS) is 18.1. The van der Waals surface area contributed by atoms with Crippen LogP contribution in [0.3, 0.4) is 0 Å². The third-order valence-corrected chi connectivity index (χ3v) is 2.82. The van der Waals surface area contributed by atoms with Crippen molar-refractivity contribution in [1.82, 2.24) is 0 Å². The first-order chi connectivity index (χ1) is 7.22. The van der Waals surface area contributed by atoms with Gasteiger partial charge in [0.25, 0.3) is 0 Å². The highest BCUT2D eigenvalue weighted by molar-refractivity contribution is 9.10. The van der Waals surface area contributed by atoms with Crippen LogP contribution in [0.1, 0.15) is 18.4 Å². The number of rotatable bonds is 2. The molecule has 0 radical (unpaired) electrons. The Hall–Kier alpha value is -1.03. The molecule has 3 nitrogen and oxygen atoms in total. The van der Waals surface area contributed by atoms with Gasteiger partial charge in [0.1, 0.15) is 18.3 Å². The summed E-state index contributed by atoms with van der Waals surface area (Å²) in [5, 5.41) is 0. The lowest BCUT2D eigenvalue weighted by molar-refractivity contribution is -0.145. The molecule has 0 amide bonds. The molecule has 1 aromatic rings. The smallest absolute Gasteiger partial charge is 0.317 e. The van der Waals surface area contributed by atoms with Crippen LogP contribution in [0.5, 0.6) is 5.75 Å². The van der Waals surface area contributed by atoms with Gasteiger partial charge in [0.2, 0.25) is 0 Å². The van der Waals surface area contributed by atoms with E-state index in [2.05, 4.69) is 15.9 Å². The van der Waals surface area contributed by atoms with Crippen LogP contribution in [0.2, 0.25) is 0 Å². The lowest BCUT2D eigenvalue weighted by Gasteiger charge is -2.07. The van der Waals surface area contributed by atoms with Crippen molar-refractivity contribution in [3.05, 3.63) is 28.2 Å². The highest BCUT2D eigenvalue weighted by Crippen LogP contribution is 2.36. The summed E-state index contributed by atoms with van der Waals surface area (Å²) in [6, 6.07) is 5.66. The number of esters is 1. The van der Waals surface area contributed by atoms with Crippen LogP contribution in [0.4, 0.5) is 0 Å². The van der Waals surface area contributed by atoms with Gasteiger partial charge in [-0.1, -0.05) is 15.9 Å². The second-order valence-corrected chi connectivity index (χ2v) is 4.21. The minimum absolute atomic E-state index is 0.214. The van der Waals surface area contributed by atoms with Crippen molar-refractivity contribution in [2.24, 2.45) is 0 Å². The quantitative estimate of drug-likeness (QED) is 0.775. The molecule has 0 aromatic heterocycles. The van der Waals surface area contributed by atoms with E-state index in [1.165, 1.54) is 0 Å². The SMILES string of the molecule is CCOC(=O)C1COc2ccc(Br)cc21. The van der Waals surface area contributed by atoms with E-state index in [0.29, 0.717) is 13.2 Å². The Labute approximate surface area is 96.5 Å². The van der Waals surface area contributed by atoms with E-state index in [4.69, 9.17) is 9.47 Å². The van der Waals surface area contributed by atoms with Crippen molar-refractivity contribution in [2.75, 3.05) is 13.2 Å². The van der Waals surface area contributed by atoms with Gasteiger partial charge >= 0.3 is 5.97 Å². The third kappa shape index (κ3) is 2.00. The monoisotopic (exact) mass is 270 g/mol. The summed E-state index contributed by atoms with van der Waals surface area (Å²) in [6.07, 6.45) is 0. The Balaban J connectivity index is 2.27. The Kier molecular flexibility index (Phi) is 2.95. The summed E-state index contributed by atoms with van der Waals surface area (Å²) < 4.78 is 11.3. The van der Waals surface area contributed by atoms with Crippen LogP contribution < -0.4 is 4.74 Å². The molecule has 1 unspecified atom stereocenters. The van der Waals surface area contributed by atoms with Gasteiger partial charge in [-0.3, -0.25) is 4.79 Å². The summed E-state index contributed by atoms with van der Waals surface area (Å²) in [5.74, 6) is 0.281. The van der Waals surface area contributed by atoms with Crippen molar-refractivity contribution < 1.29 is 14.3 Å². The molecule has 15 heavy (non-hydrogen) atoms. The minimum Gasteiger partial charge on any atom is -0.492 e. The molecular weight excluding hydrogens is 260 g/mol. The van der Waals surface area contributed by atoms with Crippen LogP contribution in [0.15, 0.2) is 22.7 Å². The first kappa shape index (κ1) is 10.5. The number of benzene rings is 1. The Bertz CT molecular complexity index is 389. The molecule has 2 rings (SSSR count). The van der Waals surface area contributed by atoms with Crippen molar-refractivity contribution in [2.45, 2.75) is 12.8 Å². The number of halogens is 1. The summed E-state index contributed by atoms with van der Waals surface area (Å²) in [7, 11) is 0. The first-order valence-corrected chi connectivity index (χ1v) is 5.60. The number of carbonyl (C=O) groups excluding carboxylic acids is 1. The molecule has 1 aliphatic rings. The molecule has 1 aliphatic heterocycles. The van der Waals surface area contributed by atoms with Crippen LogP contribution in [-0.2, 0) is 9.53 Å². The van der Waals surface area contributed by atoms with Crippen LogP contribution in [-0.4, -0.2) is 19.2 Å². The minimum atomic E-state index is -0.280. The molecule has 0 aliphatic carbocycles. The number of hydrogen-bond donors (Lipinski definition) is 0. The third-order valence-electron chi connectivity index (χ3n) is 2.32. The Morgan fingerprint density at radius 3 is 3.20 bits per heavy atom. The van der Waals surface area contributed by atoms with Gasteiger partial charge in [-0.15, -0.1) is 0 Å². The molecule has 0 bridgehead atoms. The van der Waals surface area contributed by atoms with Gasteiger partial charge in [0.15, 0.2) is 0 Å². The highest BCUT2D eigenvalue weighted by atomic mass is 79.9. The maximum Gasteiger partial charge on any atom is 0.317 e. The summed E-state index contributed by atoms with van der Waals surface area (Å²) in [6.45, 7) is 2.58. The fraction of sp³-hybridized carbons (Fsp3) is 0.364. The number of hydrogen-bond acceptors (Lipinski definition) is 3. The second kappa shape index (κ2) is 4.23. The van der Waals surface area contributed by atoms with Gasteiger partial charge in [0, 0.05) is 10.0 Å². The number of ether oxygens (including phenoxy) is 2. The van der Waals surface area contributed by atoms with Gasteiger partial charge in [0.05, 0.1) is 6.61 Å². The van der Waals surface area contributed by atoms with E-state index in [0.717, 1.165) is 15.8 Å². The topological polar surface area (TPSA) is 35.5 Å². The summed E-state index contributed by atoms with van der Waals surface area (Å²) in [5.41, 5.74) is 0.905. The van der Waals surface area contributed by atoms with Crippen molar-refractivity contribution >= 4 is 21.9 Å². The van der Waals surface area contributed by atoms with Crippen molar-refractivity contribution in [3.8, 4) is 5.75 Å². The van der Waals surface area contributed by atoms with Gasteiger partial charge in [-0.2, -0.15) is 0 Å². The summed E-state index contributed by atoms with van der Waals surface area (Å²) >= 11 is 3.37. The molecule has 1 aromatic carbocycles. The lowest BCUT2D eigenvalue weighted by atomic mass is 10.0. The summed E-state index contributed by atoms with van der Waals surface area (Å²) in [4.78, 5) is 11.6. The predicted molar refractivity (Wildman–Crippen MR) is 59.0 cm³/mol. The van der Waals surface area contributed by atoms with Gasteiger partial charge < -0.3 is 9.47 Å². The molecule has 0 saturated heterocycles. The van der Waals surface area contributed by atoms with E-state index in [9.17, 15) is 4.79 Å². The average molecular weight is 271 g/mol.